The van der Waals surface area contributed by atoms with Gasteiger partial charge in [0.05, 0.1) is 5.41 Å². The molecule has 2 amide bonds. The molecule has 4 bridgehead atoms. The van der Waals surface area contributed by atoms with Gasteiger partial charge in [0, 0.05) is 42.9 Å². The van der Waals surface area contributed by atoms with Crippen molar-refractivity contribution in [1.82, 2.24) is 9.80 Å². The largest absolute Gasteiger partial charge is 0.339 e. The Labute approximate surface area is 171 Å². The van der Waals surface area contributed by atoms with Crippen molar-refractivity contribution < 1.29 is 9.59 Å². The molecule has 0 radical (unpaired) electrons. The van der Waals surface area contributed by atoms with Crippen LogP contribution in [0.3, 0.4) is 0 Å². The molecule has 1 aliphatic heterocycles. The lowest BCUT2D eigenvalue weighted by molar-refractivity contribution is -0.160. The van der Waals surface area contributed by atoms with E-state index in [1.54, 1.807) is 11.3 Å². The summed E-state index contributed by atoms with van der Waals surface area (Å²) in [7, 11) is 0. The molecule has 2 heterocycles. The summed E-state index contributed by atoms with van der Waals surface area (Å²) in [5.74, 6) is 3.80. The van der Waals surface area contributed by atoms with Crippen LogP contribution in [-0.4, -0.2) is 47.8 Å². The van der Waals surface area contributed by atoms with E-state index in [1.165, 1.54) is 24.1 Å². The van der Waals surface area contributed by atoms with Gasteiger partial charge < -0.3 is 9.80 Å². The van der Waals surface area contributed by atoms with Crippen LogP contribution in [-0.2, 0) is 9.59 Å². The van der Waals surface area contributed by atoms with E-state index < -0.39 is 0 Å². The Morgan fingerprint density at radius 2 is 1.50 bits per heavy atom. The van der Waals surface area contributed by atoms with Gasteiger partial charge in [-0.25, -0.2) is 0 Å². The highest BCUT2D eigenvalue weighted by molar-refractivity contribution is 7.10. The Hall–Kier alpha value is -1.36. The third-order valence-electron chi connectivity index (χ3n) is 8.39. The molecular weight excluding hydrogens is 368 g/mol. The van der Waals surface area contributed by atoms with E-state index in [-0.39, 0.29) is 11.3 Å². The van der Waals surface area contributed by atoms with E-state index in [0.29, 0.717) is 17.7 Å². The van der Waals surface area contributed by atoms with Gasteiger partial charge in [-0.1, -0.05) is 6.07 Å². The molecule has 4 nitrogen and oxygen atoms in total. The zero-order valence-corrected chi connectivity index (χ0v) is 17.3. The molecule has 5 saturated carbocycles. The summed E-state index contributed by atoms with van der Waals surface area (Å²) < 4.78 is 0. The minimum atomic E-state index is -0.0400. The summed E-state index contributed by atoms with van der Waals surface area (Å²) in [5, 5.41) is 2.10. The first-order valence-corrected chi connectivity index (χ1v) is 12.1. The number of carbonyl (C=O) groups excluding carboxylic acids is 2. The fraction of sp³-hybridized carbons (Fsp3) is 0.739. The molecule has 5 aliphatic carbocycles. The molecule has 0 aromatic carbocycles. The topological polar surface area (TPSA) is 40.6 Å². The second kappa shape index (κ2) is 6.32. The Bertz CT molecular complexity index is 745. The fourth-order valence-electron chi connectivity index (χ4n) is 7.36. The van der Waals surface area contributed by atoms with Crippen LogP contribution in [0.15, 0.2) is 17.5 Å². The van der Waals surface area contributed by atoms with Crippen LogP contribution in [0.25, 0.3) is 0 Å². The Morgan fingerprint density at radius 1 is 0.893 bits per heavy atom. The van der Waals surface area contributed by atoms with Crippen molar-refractivity contribution >= 4 is 23.2 Å². The smallest absolute Gasteiger partial charge is 0.228 e. The van der Waals surface area contributed by atoms with Crippen LogP contribution >= 0.6 is 11.3 Å². The maximum Gasteiger partial charge on any atom is 0.228 e. The number of rotatable bonds is 3. The number of piperazine rings is 1. The lowest BCUT2D eigenvalue weighted by Crippen LogP contribution is -2.58. The van der Waals surface area contributed by atoms with Crippen molar-refractivity contribution in [1.29, 1.82) is 0 Å². The normalized spacial score (nSPS) is 41.4. The number of carbonyl (C=O) groups is 2. The van der Waals surface area contributed by atoms with Gasteiger partial charge in [0.2, 0.25) is 11.8 Å². The maximum atomic E-state index is 13.5. The van der Waals surface area contributed by atoms with Gasteiger partial charge in [0.15, 0.2) is 0 Å². The van der Waals surface area contributed by atoms with Gasteiger partial charge >= 0.3 is 0 Å². The lowest BCUT2D eigenvalue weighted by Gasteiger charge is -2.57. The SMILES string of the molecule is O=C(C1CC1c1cccs1)N1CCN(C(=O)C23CC4CC(CC(C4)C2)C3)CC1. The second-order valence-electron chi connectivity index (χ2n) is 10.3. The first kappa shape index (κ1) is 17.5. The summed E-state index contributed by atoms with van der Waals surface area (Å²) in [5.41, 5.74) is -0.0400. The maximum absolute atomic E-state index is 13.5. The van der Waals surface area contributed by atoms with Gasteiger partial charge in [-0.2, -0.15) is 0 Å². The molecule has 28 heavy (non-hydrogen) atoms. The van der Waals surface area contributed by atoms with Gasteiger partial charge in [-0.15, -0.1) is 11.3 Å². The van der Waals surface area contributed by atoms with E-state index >= 15 is 0 Å². The van der Waals surface area contributed by atoms with Crippen LogP contribution in [0.4, 0.5) is 0 Å². The lowest BCUT2D eigenvalue weighted by atomic mass is 9.49. The number of amides is 2. The molecule has 0 N–H and O–H groups in total. The van der Waals surface area contributed by atoms with Crippen LogP contribution in [0.1, 0.15) is 55.7 Å². The van der Waals surface area contributed by atoms with Gasteiger partial charge in [0.1, 0.15) is 0 Å². The van der Waals surface area contributed by atoms with E-state index in [9.17, 15) is 9.59 Å². The highest BCUT2D eigenvalue weighted by Crippen LogP contribution is 2.60. The molecule has 1 saturated heterocycles. The predicted molar refractivity (Wildman–Crippen MR) is 109 cm³/mol. The highest BCUT2D eigenvalue weighted by atomic mass is 32.1. The summed E-state index contributed by atoms with van der Waals surface area (Å²) in [6.45, 7) is 2.93. The van der Waals surface area contributed by atoms with Crippen LogP contribution in [0.2, 0.25) is 0 Å². The first-order chi connectivity index (χ1) is 13.6. The molecule has 2 atom stereocenters. The van der Waals surface area contributed by atoms with E-state index in [0.717, 1.165) is 69.6 Å². The minimum absolute atomic E-state index is 0.0400. The van der Waals surface area contributed by atoms with E-state index in [1.807, 2.05) is 4.90 Å². The monoisotopic (exact) mass is 398 g/mol. The Kier molecular flexibility index (Phi) is 3.95. The Balaban J connectivity index is 1.07. The third-order valence-corrected chi connectivity index (χ3v) is 9.39. The number of hydrogen-bond acceptors (Lipinski definition) is 3. The van der Waals surface area contributed by atoms with Crippen molar-refractivity contribution in [3.63, 3.8) is 0 Å². The second-order valence-corrected chi connectivity index (χ2v) is 11.3. The standard InChI is InChI=1S/C23H30N2O2S/c26-21(19-11-18(19)20-2-1-7-28-20)24-3-5-25(6-4-24)22(27)23-12-15-8-16(13-23)10-17(9-15)14-23/h1-2,7,15-19H,3-6,8-14H2. The summed E-state index contributed by atoms with van der Waals surface area (Å²) in [6.07, 6.45) is 8.56. The summed E-state index contributed by atoms with van der Waals surface area (Å²) in [6, 6.07) is 4.24. The molecule has 7 rings (SSSR count). The average molecular weight is 399 g/mol. The molecule has 6 fully saturated rings. The zero-order chi connectivity index (χ0) is 18.9. The fourth-order valence-corrected chi connectivity index (χ4v) is 8.26. The van der Waals surface area contributed by atoms with Crippen LogP contribution in [0.5, 0.6) is 0 Å². The third kappa shape index (κ3) is 2.76. The first-order valence-electron chi connectivity index (χ1n) is 11.2. The summed E-state index contributed by atoms with van der Waals surface area (Å²) in [4.78, 5) is 31.9. The highest BCUT2D eigenvalue weighted by Gasteiger charge is 2.56. The molecule has 5 heteroatoms. The van der Waals surface area contributed by atoms with Gasteiger partial charge in [0.25, 0.3) is 0 Å². The molecule has 6 aliphatic rings. The zero-order valence-electron chi connectivity index (χ0n) is 16.5. The average Bonchev–Trinajstić information content (AvgIpc) is 3.30. The minimum Gasteiger partial charge on any atom is -0.339 e. The van der Waals surface area contributed by atoms with Crippen LogP contribution in [0, 0.1) is 29.1 Å². The van der Waals surface area contributed by atoms with Crippen molar-refractivity contribution in [2.45, 2.75) is 50.9 Å². The number of hydrogen-bond donors (Lipinski definition) is 0. The van der Waals surface area contributed by atoms with Gasteiger partial charge in [-0.05, 0) is 74.1 Å². The Morgan fingerprint density at radius 3 is 2.07 bits per heavy atom. The van der Waals surface area contributed by atoms with Crippen molar-refractivity contribution in [2.75, 3.05) is 26.2 Å². The number of thiophene rings is 1. The molecule has 1 aromatic heterocycles. The van der Waals surface area contributed by atoms with E-state index in [2.05, 4.69) is 22.4 Å². The molecule has 2 unspecified atom stereocenters. The number of nitrogens with zero attached hydrogens (tertiary/aromatic N) is 2. The molecular formula is C23H30N2O2S. The predicted octanol–water partition coefficient (Wildman–Crippen LogP) is 3.74. The summed E-state index contributed by atoms with van der Waals surface area (Å²) >= 11 is 1.77. The van der Waals surface area contributed by atoms with Crippen molar-refractivity contribution in [3.8, 4) is 0 Å². The molecule has 1 aromatic rings. The van der Waals surface area contributed by atoms with Crippen molar-refractivity contribution in [2.24, 2.45) is 29.1 Å². The van der Waals surface area contributed by atoms with Gasteiger partial charge in [-0.3, -0.25) is 9.59 Å². The van der Waals surface area contributed by atoms with Crippen LogP contribution < -0.4 is 0 Å². The molecule has 150 valence electrons. The quantitative estimate of drug-likeness (QED) is 0.778. The van der Waals surface area contributed by atoms with Crippen molar-refractivity contribution in [3.05, 3.63) is 22.4 Å². The molecule has 0 spiro atoms. The van der Waals surface area contributed by atoms with E-state index in [4.69, 9.17) is 0 Å².